The first-order valence-electron chi connectivity index (χ1n) is 4.05. The standard InChI is InChI=1S/C8H10O6/c9-7(10)13-5-3-1-2-4-6(5)14-8(11)12/h1,3,5-6H,2,4H2,(H,9,10)(H,11,12)/t5-,6+/m0/s1. The highest BCUT2D eigenvalue weighted by Crippen LogP contribution is 2.18. The van der Waals surface area contributed by atoms with Gasteiger partial charge in [-0.05, 0) is 18.9 Å². The normalized spacial score (nSPS) is 25.4. The van der Waals surface area contributed by atoms with Gasteiger partial charge in [0.05, 0.1) is 0 Å². The van der Waals surface area contributed by atoms with Crippen molar-refractivity contribution in [2.24, 2.45) is 0 Å². The SMILES string of the molecule is O=C(O)O[C@H]1C=CCC[C@H]1OC(=O)O. The zero-order valence-corrected chi connectivity index (χ0v) is 7.25. The second kappa shape index (κ2) is 4.50. The third-order valence-corrected chi connectivity index (χ3v) is 1.80. The number of carboxylic acid groups (broad SMARTS) is 2. The maximum atomic E-state index is 10.2. The average molecular weight is 202 g/mol. The molecule has 0 saturated heterocycles. The van der Waals surface area contributed by atoms with Crippen LogP contribution in [0.2, 0.25) is 0 Å². The van der Waals surface area contributed by atoms with Gasteiger partial charge in [-0.15, -0.1) is 0 Å². The van der Waals surface area contributed by atoms with Gasteiger partial charge in [-0.3, -0.25) is 0 Å². The maximum Gasteiger partial charge on any atom is 0.506 e. The Morgan fingerprint density at radius 3 is 2.43 bits per heavy atom. The minimum absolute atomic E-state index is 0.431. The molecule has 2 N–H and O–H groups in total. The van der Waals surface area contributed by atoms with Crippen LogP contribution in [-0.4, -0.2) is 34.7 Å². The van der Waals surface area contributed by atoms with E-state index < -0.39 is 24.5 Å². The van der Waals surface area contributed by atoms with Crippen LogP contribution in [0.5, 0.6) is 0 Å². The van der Waals surface area contributed by atoms with E-state index in [0.717, 1.165) is 0 Å². The van der Waals surface area contributed by atoms with E-state index in [-0.39, 0.29) is 0 Å². The van der Waals surface area contributed by atoms with Gasteiger partial charge in [0.15, 0.2) is 6.10 Å². The van der Waals surface area contributed by atoms with E-state index in [0.29, 0.717) is 12.8 Å². The lowest BCUT2D eigenvalue weighted by Crippen LogP contribution is -2.34. The molecule has 1 aliphatic rings. The molecule has 0 fully saturated rings. The van der Waals surface area contributed by atoms with Crippen LogP contribution in [0, 0.1) is 0 Å². The molecule has 0 aromatic rings. The molecule has 0 radical (unpaired) electrons. The van der Waals surface area contributed by atoms with Crippen LogP contribution in [0.1, 0.15) is 12.8 Å². The molecule has 0 aromatic heterocycles. The van der Waals surface area contributed by atoms with Crippen LogP contribution in [0.15, 0.2) is 12.2 Å². The van der Waals surface area contributed by atoms with E-state index in [4.69, 9.17) is 10.2 Å². The lowest BCUT2D eigenvalue weighted by Gasteiger charge is -2.24. The van der Waals surface area contributed by atoms with Crippen molar-refractivity contribution in [2.75, 3.05) is 0 Å². The van der Waals surface area contributed by atoms with Crippen LogP contribution >= 0.6 is 0 Å². The van der Waals surface area contributed by atoms with Gasteiger partial charge in [0.2, 0.25) is 0 Å². The molecule has 0 bridgehead atoms. The molecule has 2 atom stereocenters. The summed E-state index contributed by atoms with van der Waals surface area (Å²) < 4.78 is 8.93. The molecule has 0 unspecified atom stereocenters. The third-order valence-electron chi connectivity index (χ3n) is 1.80. The monoisotopic (exact) mass is 202 g/mol. The molecule has 6 nitrogen and oxygen atoms in total. The first kappa shape index (κ1) is 10.4. The molecule has 6 heteroatoms. The predicted octanol–water partition coefficient (Wildman–Crippen LogP) is 1.46. The Balaban J connectivity index is 2.57. The summed E-state index contributed by atoms with van der Waals surface area (Å²) in [6.07, 6.45) is -0.144. The molecule has 14 heavy (non-hydrogen) atoms. The maximum absolute atomic E-state index is 10.2. The van der Waals surface area contributed by atoms with E-state index in [2.05, 4.69) is 9.47 Å². The lowest BCUT2D eigenvalue weighted by molar-refractivity contribution is -0.0277. The van der Waals surface area contributed by atoms with Crippen molar-refractivity contribution in [2.45, 2.75) is 25.0 Å². The third kappa shape index (κ3) is 2.96. The highest BCUT2D eigenvalue weighted by Gasteiger charge is 2.28. The highest BCUT2D eigenvalue weighted by atomic mass is 16.7. The Labute approximate surface area is 79.7 Å². The van der Waals surface area contributed by atoms with E-state index in [9.17, 15) is 9.59 Å². The largest absolute Gasteiger partial charge is 0.506 e. The number of hydrogen-bond donors (Lipinski definition) is 2. The van der Waals surface area contributed by atoms with Gasteiger partial charge in [0.25, 0.3) is 0 Å². The van der Waals surface area contributed by atoms with Gasteiger partial charge in [-0.2, -0.15) is 0 Å². The Hall–Kier alpha value is -1.72. The van der Waals surface area contributed by atoms with Crippen molar-refractivity contribution < 1.29 is 29.3 Å². The molecule has 0 amide bonds. The summed E-state index contributed by atoms with van der Waals surface area (Å²) >= 11 is 0. The number of rotatable bonds is 2. The van der Waals surface area contributed by atoms with Gasteiger partial charge < -0.3 is 19.7 Å². The van der Waals surface area contributed by atoms with E-state index in [1.54, 1.807) is 6.08 Å². The van der Waals surface area contributed by atoms with Crippen molar-refractivity contribution in [1.82, 2.24) is 0 Å². The Bertz CT molecular complexity index is 259. The lowest BCUT2D eigenvalue weighted by atomic mass is 10.0. The van der Waals surface area contributed by atoms with Crippen LogP contribution < -0.4 is 0 Å². The summed E-state index contributed by atoms with van der Waals surface area (Å²) in [4.78, 5) is 20.5. The smallest absolute Gasteiger partial charge is 0.450 e. The first-order valence-corrected chi connectivity index (χ1v) is 4.05. The Morgan fingerprint density at radius 1 is 1.21 bits per heavy atom. The molecule has 0 aliphatic heterocycles. The number of allylic oxidation sites excluding steroid dienone is 1. The quantitative estimate of drug-likeness (QED) is 0.520. The highest BCUT2D eigenvalue weighted by molar-refractivity contribution is 5.58. The van der Waals surface area contributed by atoms with Crippen molar-refractivity contribution in [3.8, 4) is 0 Å². The second-order valence-corrected chi connectivity index (χ2v) is 2.78. The van der Waals surface area contributed by atoms with Crippen LogP contribution in [0.4, 0.5) is 9.59 Å². The summed E-state index contributed by atoms with van der Waals surface area (Å²) in [5.41, 5.74) is 0. The van der Waals surface area contributed by atoms with Gasteiger partial charge in [0.1, 0.15) is 6.10 Å². The van der Waals surface area contributed by atoms with Crippen molar-refractivity contribution in [3.63, 3.8) is 0 Å². The Kier molecular flexibility index (Phi) is 3.33. The molecule has 0 saturated carbocycles. The molecular weight excluding hydrogens is 192 g/mol. The number of hydrogen-bond acceptors (Lipinski definition) is 4. The summed E-state index contributed by atoms with van der Waals surface area (Å²) in [5, 5.41) is 16.7. The molecule has 0 aromatic carbocycles. The van der Waals surface area contributed by atoms with Gasteiger partial charge >= 0.3 is 12.3 Å². The minimum Gasteiger partial charge on any atom is -0.450 e. The zero-order chi connectivity index (χ0) is 10.6. The summed E-state index contributed by atoms with van der Waals surface area (Å²) in [6, 6.07) is 0. The summed E-state index contributed by atoms with van der Waals surface area (Å²) in [7, 11) is 0. The number of carbonyl (C=O) groups is 2. The Morgan fingerprint density at radius 2 is 1.86 bits per heavy atom. The minimum atomic E-state index is -1.44. The van der Waals surface area contributed by atoms with Gasteiger partial charge in [-0.1, -0.05) is 6.08 Å². The molecule has 78 valence electrons. The number of ether oxygens (including phenoxy) is 2. The summed E-state index contributed by atoms with van der Waals surface area (Å²) in [5.74, 6) is 0. The van der Waals surface area contributed by atoms with E-state index in [1.807, 2.05) is 0 Å². The van der Waals surface area contributed by atoms with Crippen molar-refractivity contribution >= 4 is 12.3 Å². The van der Waals surface area contributed by atoms with Gasteiger partial charge in [0, 0.05) is 0 Å². The van der Waals surface area contributed by atoms with Crippen LogP contribution in [-0.2, 0) is 9.47 Å². The molecule has 1 aliphatic carbocycles. The van der Waals surface area contributed by atoms with Crippen LogP contribution in [0.3, 0.4) is 0 Å². The topological polar surface area (TPSA) is 93.1 Å². The van der Waals surface area contributed by atoms with Crippen molar-refractivity contribution in [1.29, 1.82) is 0 Å². The fourth-order valence-corrected chi connectivity index (χ4v) is 1.27. The summed E-state index contributed by atoms with van der Waals surface area (Å²) in [6.45, 7) is 0. The zero-order valence-electron chi connectivity index (χ0n) is 7.25. The average Bonchev–Trinajstić information content (AvgIpc) is 2.06. The molecule has 0 heterocycles. The van der Waals surface area contributed by atoms with Gasteiger partial charge in [-0.25, -0.2) is 9.59 Å². The molecule has 0 spiro atoms. The molecule has 1 rings (SSSR count). The predicted molar refractivity (Wildman–Crippen MR) is 44.2 cm³/mol. The first-order chi connectivity index (χ1) is 6.59. The fraction of sp³-hybridized carbons (Fsp3) is 0.500. The fourth-order valence-electron chi connectivity index (χ4n) is 1.27. The second-order valence-electron chi connectivity index (χ2n) is 2.78. The van der Waals surface area contributed by atoms with E-state index in [1.165, 1.54) is 6.08 Å². The van der Waals surface area contributed by atoms with Crippen molar-refractivity contribution in [3.05, 3.63) is 12.2 Å². The van der Waals surface area contributed by atoms with E-state index >= 15 is 0 Å². The molecular formula is C8H10O6. The van der Waals surface area contributed by atoms with Crippen LogP contribution in [0.25, 0.3) is 0 Å².